The van der Waals surface area contributed by atoms with Crippen LogP contribution in [0.3, 0.4) is 0 Å². The van der Waals surface area contributed by atoms with Gasteiger partial charge in [0.15, 0.2) is 11.0 Å². The molecule has 1 saturated carbocycles. The lowest BCUT2D eigenvalue weighted by atomic mass is 9.93. The number of hydrogen-bond acceptors (Lipinski definition) is 5. The number of carbonyl (C=O) groups is 1. The van der Waals surface area contributed by atoms with Crippen LogP contribution < -0.4 is 15.0 Å². The Morgan fingerprint density at radius 1 is 1.00 bits per heavy atom. The van der Waals surface area contributed by atoms with Crippen molar-refractivity contribution in [3.05, 3.63) is 89.7 Å². The van der Waals surface area contributed by atoms with Gasteiger partial charge in [0.05, 0.1) is 5.69 Å². The molecule has 6 rings (SSSR count). The Balaban J connectivity index is 1.12. The number of aromatic nitrogens is 3. The van der Waals surface area contributed by atoms with E-state index in [0.717, 1.165) is 60.0 Å². The van der Waals surface area contributed by atoms with Gasteiger partial charge in [-0.25, -0.2) is 14.5 Å². The lowest BCUT2D eigenvalue weighted by Gasteiger charge is -2.32. The number of carbonyl (C=O) groups excluding carboxylic acids is 1. The summed E-state index contributed by atoms with van der Waals surface area (Å²) in [7, 11) is 0. The summed E-state index contributed by atoms with van der Waals surface area (Å²) in [5.41, 5.74) is 5.94. The van der Waals surface area contributed by atoms with Gasteiger partial charge in [0.1, 0.15) is 12.1 Å². The number of nitrogens with one attached hydrogen (secondary N) is 1. The Morgan fingerprint density at radius 2 is 1.73 bits per heavy atom. The number of amides is 2. The number of anilines is 1. The molecule has 1 aliphatic heterocycles. The van der Waals surface area contributed by atoms with Crippen LogP contribution in [0.1, 0.15) is 48.3 Å². The number of urea groups is 1. The zero-order chi connectivity index (χ0) is 31.6. The summed E-state index contributed by atoms with van der Waals surface area (Å²) in [6.07, 6.45) is 0.656. The maximum Gasteiger partial charge on any atom is 0.573 e. The number of para-hydroxylation sites is 1. The molecular formula is C33H33F3N6O2S. The molecule has 0 spiro atoms. The van der Waals surface area contributed by atoms with E-state index in [4.69, 9.17) is 0 Å². The fraction of sp³-hybridized carbons (Fsp3) is 0.333. The second-order valence-electron chi connectivity index (χ2n) is 11.3. The third-order valence-corrected chi connectivity index (χ3v) is 9.21. The topological polar surface area (TPSA) is 84.6 Å². The molecule has 4 aromatic rings. The number of benzene rings is 3. The number of hydrogen-bond donors (Lipinski definition) is 1. The Bertz CT molecular complexity index is 1670. The van der Waals surface area contributed by atoms with E-state index in [-0.39, 0.29) is 23.7 Å². The van der Waals surface area contributed by atoms with Crippen molar-refractivity contribution < 1.29 is 22.7 Å². The number of aryl methyl sites for hydroxylation is 2. The molecule has 1 N–H and O–H groups in total. The van der Waals surface area contributed by atoms with E-state index in [1.165, 1.54) is 46.4 Å². The zero-order valence-electron chi connectivity index (χ0n) is 24.9. The van der Waals surface area contributed by atoms with Crippen LogP contribution in [0.5, 0.6) is 5.75 Å². The molecule has 1 saturated heterocycles. The predicted molar refractivity (Wildman–Crippen MR) is 170 cm³/mol. The van der Waals surface area contributed by atoms with Gasteiger partial charge in [-0.3, -0.25) is 0 Å². The van der Waals surface area contributed by atoms with E-state index in [9.17, 15) is 18.0 Å². The smallest absolute Gasteiger partial charge is 0.406 e. The van der Waals surface area contributed by atoms with E-state index in [0.29, 0.717) is 11.5 Å². The molecular weight excluding hydrogens is 601 g/mol. The first kappa shape index (κ1) is 30.7. The van der Waals surface area contributed by atoms with E-state index in [1.807, 2.05) is 30.3 Å². The second-order valence-corrected chi connectivity index (χ2v) is 12.3. The van der Waals surface area contributed by atoms with Crippen LogP contribution in [0, 0.1) is 13.8 Å². The number of alkyl halides is 3. The molecule has 2 atom stereocenters. The fourth-order valence-electron chi connectivity index (χ4n) is 6.10. The highest BCUT2D eigenvalue weighted by Crippen LogP contribution is 2.36. The number of amidine groups is 1. The van der Waals surface area contributed by atoms with Crippen molar-refractivity contribution in [2.75, 3.05) is 17.2 Å². The van der Waals surface area contributed by atoms with E-state index < -0.39 is 6.36 Å². The molecule has 0 bridgehead atoms. The van der Waals surface area contributed by atoms with Gasteiger partial charge < -0.3 is 15.0 Å². The summed E-state index contributed by atoms with van der Waals surface area (Å²) in [4.78, 5) is 24.3. The quantitative estimate of drug-likeness (QED) is 0.233. The molecule has 2 unspecified atom stereocenters. The molecule has 45 heavy (non-hydrogen) atoms. The summed E-state index contributed by atoms with van der Waals surface area (Å²) in [5, 5.41) is 8.43. The van der Waals surface area contributed by atoms with Gasteiger partial charge in [0.2, 0.25) is 0 Å². The monoisotopic (exact) mass is 634 g/mol. The highest BCUT2D eigenvalue weighted by molar-refractivity contribution is 8.14. The van der Waals surface area contributed by atoms with Crippen LogP contribution in [-0.4, -0.2) is 50.7 Å². The predicted octanol–water partition coefficient (Wildman–Crippen LogP) is 7.79. The third-order valence-electron chi connectivity index (χ3n) is 8.14. The van der Waals surface area contributed by atoms with Gasteiger partial charge in [-0.2, -0.15) is 4.99 Å². The number of nitrogens with zero attached hydrogens (tertiary/aromatic N) is 5. The van der Waals surface area contributed by atoms with Crippen LogP contribution >= 0.6 is 11.8 Å². The molecule has 2 aliphatic rings. The minimum absolute atomic E-state index is 0.0171. The lowest BCUT2D eigenvalue weighted by Crippen LogP contribution is -2.39. The first-order chi connectivity index (χ1) is 21.6. The molecule has 1 aliphatic carbocycles. The SMILES string of the molecule is Cc1cccc(C)c1N1CCCSC1=NC(=O)NC1CCCC1c1ccc(-c2ncn(-c3ccc(OC(F)(F)F)cc3)n2)cc1. The van der Waals surface area contributed by atoms with Crippen molar-refractivity contribution in [1.82, 2.24) is 20.1 Å². The maximum atomic E-state index is 13.2. The molecule has 2 amide bonds. The standard InChI is InChI=1S/C33H33F3N6O2S/c1-21-6-3-7-22(2)29(21)41-18-5-19-45-32(41)39-31(43)38-28-9-4-8-27(28)23-10-12-24(13-11-23)30-37-20-42(40-30)25-14-16-26(17-15-25)44-33(34,35)36/h3,6-7,10-17,20,27-28H,4-5,8-9,18-19H2,1-2H3,(H,38,43). The summed E-state index contributed by atoms with van der Waals surface area (Å²) in [6, 6.07) is 19.3. The van der Waals surface area contributed by atoms with Gasteiger partial charge in [0, 0.05) is 35.5 Å². The maximum absolute atomic E-state index is 13.2. The number of halogens is 3. The molecule has 2 heterocycles. The minimum atomic E-state index is -4.75. The van der Waals surface area contributed by atoms with Crippen LogP contribution in [0.4, 0.5) is 23.7 Å². The summed E-state index contributed by atoms with van der Waals surface area (Å²) < 4.78 is 42.8. The van der Waals surface area contributed by atoms with E-state index >= 15 is 0 Å². The van der Waals surface area contributed by atoms with Gasteiger partial charge in [0.25, 0.3) is 0 Å². The van der Waals surface area contributed by atoms with Crippen molar-refractivity contribution in [2.24, 2.45) is 4.99 Å². The summed E-state index contributed by atoms with van der Waals surface area (Å²) in [6.45, 7) is 5.02. The Labute approximate surface area is 263 Å². The highest BCUT2D eigenvalue weighted by Gasteiger charge is 2.32. The Kier molecular flexibility index (Phi) is 8.84. The van der Waals surface area contributed by atoms with Gasteiger partial charge in [-0.15, -0.1) is 18.3 Å². The van der Waals surface area contributed by atoms with Crippen molar-refractivity contribution in [1.29, 1.82) is 0 Å². The third kappa shape index (κ3) is 7.16. The number of aliphatic imine (C=N–C) groups is 1. The Hall–Kier alpha value is -4.32. The van der Waals surface area contributed by atoms with Crippen molar-refractivity contribution in [3.8, 4) is 22.8 Å². The second kappa shape index (κ2) is 13.0. The van der Waals surface area contributed by atoms with Crippen LogP contribution in [0.25, 0.3) is 17.1 Å². The van der Waals surface area contributed by atoms with Crippen LogP contribution in [0.2, 0.25) is 0 Å². The van der Waals surface area contributed by atoms with Crippen LogP contribution in [-0.2, 0) is 0 Å². The zero-order valence-corrected chi connectivity index (χ0v) is 25.7. The van der Waals surface area contributed by atoms with Crippen LogP contribution in [0.15, 0.2) is 78.0 Å². The van der Waals surface area contributed by atoms with Gasteiger partial charge in [-0.1, -0.05) is 60.6 Å². The number of ether oxygens (including phenoxy) is 1. The fourth-order valence-corrected chi connectivity index (χ4v) is 7.04. The molecule has 0 radical (unpaired) electrons. The minimum Gasteiger partial charge on any atom is -0.406 e. The van der Waals surface area contributed by atoms with Gasteiger partial charge in [-0.05, 0) is 74.1 Å². The first-order valence-electron chi connectivity index (χ1n) is 14.9. The number of rotatable bonds is 6. The largest absolute Gasteiger partial charge is 0.573 e. The average molecular weight is 635 g/mol. The molecule has 2 fully saturated rings. The molecule has 1 aromatic heterocycles. The molecule has 8 nitrogen and oxygen atoms in total. The highest BCUT2D eigenvalue weighted by atomic mass is 32.2. The molecule has 3 aromatic carbocycles. The van der Waals surface area contributed by atoms with Gasteiger partial charge >= 0.3 is 12.4 Å². The number of thioether (sulfide) groups is 1. The van der Waals surface area contributed by atoms with E-state index in [1.54, 1.807) is 11.8 Å². The Morgan fingerprint density at radius 3 is 2.44 bits per heavy atom. The van der Waals surface area contributed by atoms with Crippen molar-refractivity contribution >= 4 is 28.6 Å². The molecule has 12 heteroatoms. The average Bonchev–Trinajstić information content (AvgIpc) is 3.68. The lowest BCUT2D eigenvalue weighted by molar-refractivity contribution is -0.274. The van der Waals surface area contributed by atoms with E-state index in [2.05, 4.69) is 56.0 Å². The summed E-state index contributed by atoms with van der Waals surface area (Å²) >= 11 is 1.62. The first-order valence-corrected chi connectivity index (χ1v) is 15.9. The molecule has 234 valence electrons. The summed E-state index contributed by atoms with van der Waals surface area (Å²) in [5.74, 6) is 1.29. The van der Waals surface area contributed by atoms with Crippen molar-refractivity contribution in [3.63, 3.8) is 0 Å². The normalized spacial score (nSPS) is 19.6. The van der Waals surface area contributed by atoms with Crippen molar-refractivity contribution in [2.45, 2.75) is 57.9 Å².